The van der Waals surface area contributed by atoms with Crippen molar-refractivity contribution in [3.05, 3.63) is 58.5 Å². The van der Waals surface area contributed by atoms with Gasteiger partial charge in [-0.3, -0.25) is 19.3 Å². The van der Waals surface area contributed by atoms with E-state index in [1.165, 1.54) is 0 Å². The lowest BCUT2D eigenvalue weighted by Gasteiger charge is -2.47. The third kappa shape index (κ3) is 4.73. The molecule has 2 amide bonds. The molecule has 3 aliphatic heterocycles. The Morgan fingerprint density at radius 1 is 1.03 bits per heavy atom. The maximum Gasteiger partial charge on any atom is 0.262 e. The van der Waals surface area contributed by atoms with Crippen molar-refractivity contribution in [2.45, 2.75) is 44.7 Å². The van der Waals surface area contributed by atoms with Crippen LogP contribution >= 0.6 is 0 Å². The average molecular weight is 465 g/mol. The summed E-state index contributed by atoms with van der Waals surface area (Å²) in [6, 6.07) is 13.0. The van der Waals surface area contributed by atoms with Crippen LogP contribution in [0.4, 0.5) is 5.69 Å². The van der Waals surface area contributed by atoms with Crippen molar-refractivity contribution >= 4 is 17.5 Å². The van der Waals surface area contributed by atoms with Gasteiger partial charge in [0.1, 0.15) is 5.75 Å². The summed E-state index contributed by atoms with van der Waals surface area (Å²) < 4.78 is 7.46. The molecule has 2 saturated heterocycles. The highest BCUT2D eigenvalue weighted by Crippen LogP contribution is 2.40. The Kier molecular flexibility index (Phi) is 6.41. The first-order valence-electron chi connectivity index (χ1n) is 12.2. The van der Waals surface area contributed by atoms with Crippen LogP contribution in [0.3, 0.4) is 0 Å². The molecular formula is C26H32N4O4. The first-order chi connectivity index (χ1) is 16.5. The van der Waals surface area contributed by atoms with Gasteiger partial charge in [-0.05, 0) is 43.4 Å². The minimum Gasteiger partial charge on any atom is -0.484 e. The molecule has 1 N–H and O–H groups in total. The molecule has 0 radical (unpaired) electrons. The summed E-state index contributed by atoms with van der Waals surface area (Å²) >= 11 is 0. The molecule has 1 aromatic heterocycles. The van der Waals surface area contributed by atoms with Crippen LogP contribution in [0.1, 0.15) is 37.8 Å². The third-order valence-corrected chi connectivity index (χ3v) is 7.43. The first-order valence-corrected chi connectivity index (χ1v) is 12.2. The van der Waals surface area contributed by atoms with Gasteiger partial charge in [0.15, 0.2) is 6.61 Å². The highest BCUT2D eigenvalue weighted by Gasteiger charge is 2.39. The number of carbonyl (C=O) groups is 2. The number of anilines is 1. The van der Waals surface area contributed by atoms with Crippen molar-refractivity contribution in [3.8, 4) is 5.75 Å². The number of rotatable bonds is 5. The van der Waals surface area contributed by atoms with E-state index in [9.17, 15) is 14.4 Å². The summed E-state index contributed by atoms with van der Waals surface area (Å²) in [5.74, 6) is 1.17. The molecule has 8 nitrogen and oxygen atoms in total. The minimum atomic E-state index is -0.239. The second-order valence-corrected chi connectivity index (χ2v) is 9.72. The number of benzene rings is 1. The topological polar surface area (TPSA) is 83.9 Å². The summed E-state index contributed by atoms with van der Waals surface area (Å²) in [7, 11) is 0. The molecule has 34 heavy (non-hydrogen) atoms. The quantitative estimate of drug-likeness (QED) is 0.734. The number of fused-ring (bicyclic) bond motifs is 4. The lowest BCUT2D eigenvalue weighted by atomic mass is 9.81. The van der Waals surface area contributed by atoms with Gasteiger partial charge in [-0.2, -0.15) is 0 Å². The maximum atomic E-state index is 12.7. The number of amides is 2. The van der Waals surface area contributed by atoms with Gasteiger partial charge in [-0.1, -0.05) is 18.2 Å². The molecule has 4 heterocycles. The predicted molar refractivity (Wildman–Crippen MR) is 129 cm³/mol. The minimum absolute atomic E-state index is 0.00792. The second kappa shape index (κ2) is 9.62. The van der Waals surface area contributed by atoms with Crippen molar-refractivity contribution < 1.29 is 14.3 Å². The lowest BCUT2D eigenvalue weighted by Crippen LogP contribution is -2.53. The highest BCUT2D eigenvalue weighted by atomic mass is 16.5. The van der Waals surface area contributed by atoms with Crippen LogP contribution in [-0.4, -0.2) is 65.0 Å². The van der Waals surface area contributed by atoms with E-state index in [0.29, 0.717) is 29.9 Å². The van der Waals surface area contributed by atoms with Crippen LogP contribution < -0.4 is 15.6 Å². The number of piperidine rings is 2. The molecule has 2 aromatic rings. The number of nitrogens with zero attached hydrogens (tertiary/aromatic N) is 3. The van der Waals surface area contributed by atoms with Gasteiger partial charge in [-0.15, -0.1) is 0 Å². The van der Waals surface area contributed by atoms with Gasteiger partial charge in [0, 0.05) is 63.4 Å². The fraction of sp³-hybridized carbons (Fsp3) is 0.500. The molecule has 2 atom stereocenters. The lowest BCUT2D eigenvalue weighted by molar-refractivity contribution is -0.130. The Balaban J connectivity index is 1.30. The largest absolute Gasteiger partial charge is 0.484 e. The van der Waals surface area contributed by atoms with Gasteiger partial charge in [0.05, 0.1) is 5.69 Å². The summed E-state index contributed by atoms with van der Waals surface area (Å²) in [4.78, 5) is 41.6. The van der Waals surface area contributed by atoms with Crippen LogP contribution in [0.5, 0.6) is 5.75 Å². The Bertz CT molecular complexity index is 1110. The zero-order chi connectivity index (χ0) is 23.7. The molecule has 2 fully saturated rings. The van der Waals surface area contributed by atoms with Crippen molar-refractivity contribution in [2.24, 2.45) is 5.92 Å². The van der Waals surface area contributed by atoms with E-state index < -0.39 is 0 Å². The predicted octanol–water partition coefficient (Wildman–Crippen LogP) is 2.30. The molecule has 0 aliphatic carbocycles. The van der Waals surface area contributed by atoms with E-state index in [1.807, 2.05) is 39.8 Å². The van der Waals surface area contributed by atoms with Crippen molar-refractivity contribution in [3.63, 3.8) is 0 Å². The highest BCUT2D eigenvalue weighted by molar-refractivity contribution is 5.92. The second-order valence-electron chi connectivity index (χ2n) is 9.72. The molecule has 2 bridgehead atoms. The number of aromatic nitrogens is 1. The first kappa shape index (κ1) is 22.7. The average Bonchev–Trinajstić information content (AvgIpc) is 2.85. The number of hydrogen-bond acceptors (Lipinski definition) is 5. The van der Waals surface area contributed by atoms with Gasteiger partial charge < -0.3 is 19.5 Å². The molecule has 8 heteroatoms. The van der Waals surface area contributed by atoms with Crippen LogP contribution in [0.2, 0.25) is 0 Å². The monoisotopic (exact) mass is 464 g/mol. The molecule has 180 valence electrons. The number of carbonyl (C=O) groups excluding carboxylic acids is 2. The van der Waals surface area contributed by atoms with E-state index in [0.717, 1.165) is 51.1 Å². The summed E-state index contributed by atoms with van der Waals surface area (Å²) in [5, 5.41) is 3.00. The number of nitrogens with one attached hydrogen (secondary N) is 1. The zero-order valence-electron chi connectivity index (χ0n) is 19.6. The van der Waals surface area contributed by atoms with Crippen LogP contribution in [0, 0.1) is 5.92 Å². The Hall–Kier alpha value is -3.13. The zero-order valence-corrected chi connectivity index (χ0v) is 19.6. The third-order valence-electron chi connectivity index (χ3n) is 7.43. The van der Waals surface area contributed by atoms with Crippen LogP contribution in [0.25, 0.3) is 0 Å². The van der Waals surface area contributed by atoms with Crippen molar-refractivity contribution in [1.82, 2.24) is 14.4 Å². The summed E-state index contributed by atoms with van der Waals surface area (Å²) in [6.45, 7) is 5.70. The molecule has 5 rings (SSSR count). The normalized spacial score (nSPS) is 22.7. The van der Waals surface area contributed by atoms with Gasteiger partial charge in [0.2, 0.25) is 5.91 Å². The number of hydrogen-bond donors (Lipinski definition) is 1. The van der Waals surface area contributed by atoms with E-state index in [1.54, 1.807) is 19.1 Å². The number of ether oxygens (including phenoxy) is 1. The van der Waals surface area contributed by atoms with Crippen LogP contribution in [0.15, 0.2) is 47.3 Å². The fourth-order valence-corrected chi connectivity index (χ4v) is 5.85. The van der Waals surface area contributed by atoms with Gasteiger partial charge in [-0.25, -0.2) is 0 Å². The van der Waals surface area contributed by atoms with Crippen molar-refractivity contribution in [1.29, 1.82) is 0 Å². The molecule has 3 aliphatic rings. The van der Waals surface area contributed by atoms with E-state index in [2.05, 4.69) is 10.2 Å². The summed E-state index contributed by atoms with van der Waals surface area (Å²) in [5.41, 5.74) is 1.63. The number of para-hydroxylation sites is 1. The van der Waals surface area contributed by atoms with Gasteiger partial charge >= 0.3 is 0 Å². The molecule has 0 unspecified atom stereocenters. The Labute approximate surface area is 199 Å². The maximum absolute atomic E-state index is 12.7. The van der Waals surface area contributed by atoms with Crippen LogP contribution in [-0.2, 0) is 16.1 Å². The molecule has 1 aromatic carbocycles. The molecule has 0 saturated carbocycles. The smallest absolute Gasteiger partial charge is 0.262 e. The number of likely N-dealkylation sites (tertiary alicyclic amines) is 2. The van der Waals surface area contributed by atoms with E-state index in [-0.39, 0.29) is 29.9 Å². The Morgan fingerprint density at radius 3 is 2.53 bits per heavy atom. The standard InChI is InChI=1S/C26H32N4O4/c1-18(31)28-11-9-21(10-12-28)29-14-19-13-20(16-29)26-23(7-8-25(33)30(26)15-19)27-24(32)17-34-22-5-3-2-4-6-22/h2-8,19-21H,9-17H2,1H3,(H,27,32)/t19-,20-/m1/s1. The van der Waals surface area contributed by atoms with E-state index in [4.69, 9.17) is 4.74 Å². The van der Waals surface area contributed by atoms with Crippen molar-refractivity contribution in [2.75, 3.05) is 38.1 Å². The SMILES string of the molecule is CC(=O)N1CCC(N2C[C@H]3C[C@H](C2)c2c(NC(=O)COc4ccccc4)ccc(=O)n2C3)CC1. The number of pyridine rings is 1. The summed E-state index contributed by atoms with van der Waals surface area (Å²) in [6.07, 6.45) is 3.00. The van der Waals surface area contributed by atoms with Gasteiger partial charge in [0.25, 0.3) is 11.5 Å². The molecule has 0 spiro atoms. The Morgan fingerprint density at radius 2 is 1.79 bits per heavy atom. The fourth-order valence-electron chi connectivity index (χ4n) is 5.85. The van der Waals surface area contributed by atoms with E-state index >= 15 is 0 Å². The molecular weight excluding hydrogens is 432 g/mol.